The molecule has 1 unspecified atom stereocenters. The summed E-state index contributed by atoms with van der Waals surface area (Å²) in [6.07, 6.45) is 2.75. The van der Waals surface area contributed by atoms with Gasteiger partial charge in [-0.2, -0.15) is 0 Å². The average molecular weight is 363 g/mol. The Balaban J connectivity index is 1.57. The molecule has 0 bridgehead atoms. The summed E-state index contributed by atoms with van der Waals surface area (Å²) in [5, 5.41) is 7.13. The Morgan fingerprint density at radius 1 is 1.42 bits per heavy atom. The van der Waals surface area contributed by atoms with E-state index in [1.807, 2.05) is 24.3 Å². The number of carbonyl (C=O) groups is 1. The first-order valence-corrected chi connectivity index (χ1v) is 9.46. The third kappa shape index (κ3) is 3.04. The molecular formula is C18H19ClN2O2S. The van der Waals surface area contributed by atoms with E-state index in [1.54, 1.807) is 11.3 Å². The van der Waals surface area contributed by atoms with E-state index in [9.17, 15) is 4.79 Å². The van der Waals surface area contributed by atoms with Crippen LogP contribution in [0.1, 0.15) is 44.6 Å². The molecular weight excluding hydrogens is 344 g/mol. The predicted molar refractivity (Wildman–Crippen MR) is 96.1 cm³/mol. The molecule has 24 heavy (non-hydrogen) atoms. The number of ether oxygens (including phenoxy) is 1. The number of thiophene rings is 1. The Labute approximate surface area is 150 Å². The number of amides is 1. The van der Waals surface area contributed by atoms with Crippen molar-refractivity contribution in [1.82, 2.24) is 10.6 Å². The summed E-state index contributed by atoms with van der Waals surface area (Å²) in [5.41, 5.74) is 2.22. The highest BCUT2D eigenvalue weighted by Gasteiger charge is 2.25. The molecule has 4 rings (SSSR count). The minimum atomic E-state index is -0.0639. The number of rotatable bonds is 2. The van der Waals surface area contributed by atoms with Crippen LogP contribution in [0.5, 0.6) is 5.75 Å². The van der Waals surface area contributed by atoms with Gasteiger partial charge in [0.25, 0.3) is 5.91 Å². The summed E-state index contributed by atoms with van der Waals surface area (Å²) >= 11 is 7.87. The van der Waals surface area contributed by atoms with Crippen LogP contribution in [0.4, 0.5) is 0 Å². The summed E-state index contributed by atoms with van der Waals surface area (Å²) in [6.45, 7) is 2.47. The van der Waals surface area contributed by atoms with Crippen LogP contribution < -0.4 is 15.4 Å². The van der Waals surface area contributed by atoms with Gasteiger partial charge in [-0.05, 0) is 37.0 Å². The topological polar surface area (TPSA) is 50.4 Å². The van der Waals surface area contributed by atoms with Crippen LogP contribution in [-0.4, -0.2) is 19.1 Å². The van der Waals surface area contributed by atoms with E-state index in [1.165, 1.54) is 10.4 Å². The monoisotopic (exact) mass is 362 g/mol. The summed E-state index contributed by atoms with van der Waals surface area (Å²) in [6, 6.07) is 7.68. The number of para-hydroxylation sites is 1. The van der Waals surface area contributed by atoms with Crippen molar-refractivity contribution >= 4 is 28.8 Å². The Bertz CT molecular complexity index is 751. The molecule has 0 fully saturated rings. The molecule has 1 atom stereocenters. The van der Waals surface area contributed by atoms with Crippen LogP contribution in [0.2, 0.25) is 5.02 Å². The molecule has 0 radical (unpaired) electrons. The van der Waals surface area contributed by atoms with Crippen molar-refractivity contribution in [3.05, 3.63) is 50.2 Å². The van der Waals surface area contributed by atoms with Crippen LogP contribution in [-0.2, 0) is 13.0 Å². The van der Waals surface area contributed by atoms with Crippen molar-refractivity contribution in [1.29, 1.82) is 0 Å². The van der Waals surface area contributed by atoms with Crippen LogP contribution >= 0.6 is 22.9 Å². The normalized spacial score (nSPS) is 19.6. The van der Waals surface area contributed by atoms with E-state index in [-0.39, 0.29) is 11.9 Å². The van der Waals surface area contributed by atoms with Crippen LogP contribution in [0, 0.1) is 0 Å². The smallest absolute Gasteiger partial charge is 0.261 e. The van der Waals surface area contributed by atoms with Crippen molar-refractivity contribution in [3.8, 4) is 5.75 Å². The quantitative estimate of drug-likeness (QED) is 0.856. The lowest BCUT2D eigenvalue weighted by Crippen LogP contribution is -2.27. The second-order valence-corrected chi connectivity index (χ2v) is 7.70. The van der Waals surface area contributed by atoms with Gasteiger partial charge in [0.2, 0.25) is 0 Å². The molecule has 3 heterocycles. The highest BCUT2D eigenvalue weighted by Crippen LogP contribution is 2.37. The maximum absolute atomic E-state index is 12.7. The zero-order valence-electron chi connectivity index (χ0n) is 13.2. The maximum Gasteiger partial charge on any atom is 0.261 e. The van der Waals surface area contributed by atoms with Gasteiger partial charge in [0, 0.05) is 23.5 Å². The number of hydrogen-bond donors (Lipinski definition) is 2. The fraction of sp³-hybridized carbons (Fsp3) is 0.389. The molecule has 0 saturated carbocycles. The Kier molecular flexibility index (Phi) is 4.48. The number of benzene rings is 1. The molecule has 6 heteroatoms. The first kappa shape index (κ1) is 15.9. The highest BCUT2D eigenvalue weighted by molar-refractivity contribution is 7.14. The summed E-state index contributed by atoms with van der Waals surface area (Å²) in [7, 11) is 0. The van der Waals surface area contributed by atoms with E-state index in [2.05, 4.69) is 10.6 Å². The summed E-state index contributed by atoms with van der Waals surface area (Å²) in [4.78, 5) is 14.9. The van der Waals surface area contributed by atoms with Gasteiger partial charge >= 0.3 is 0 Å². The molecule has 0 saturated heterocycles. The Hall–Kier alpha value is -1.56. The van der Waals surface area contributed by atoms with Crippen molar-refractivity contribution in [2.24, 2.45) is 0 Å². The summed E-state index contributed by atoms with van der Waals surface area (Å²) in [5.74, 6) is 0.698. The number of carbonyl (C=O) groups excluding carboxylic acids is 1. The van der Waals surface area contributed by atoms with Crippen molar-refractivity contribution in [2.75, 3.05) is 13.2 Å². The van der Waals surface area contributed by atoms with Gasteiger partial charge in [-0.3, -0.25) is 4.79 Å². The number of hydrogen-bond acceptors (Lipinski definition) is 4. The zero-order valence-corrected chi connectivity index (χ0v) is 14.8. The van der Waals surface area contributed by atoms with Crippen molar-refractivity contribution < 1.29 is 9.53 Å². The maximum atomic E-state index is 12.7. The number of fused-ring (bicyclic) bond motifs is 2. The van der Waals surface area contributed by atoms with E-state index in [0.29, 0.717) is 17.4 Å². The Morgan fingerprint density at radius 2 is 2.33 bits per heavy atom. The Morgan fingerprint density at radius 3 is 3.21 bits per heavy atom. The second-order valence-electron chi connectivity index (χ2n) is 6.16. The minimum absolute atomic E-state index is 0.00720. The zero-order chi connectivity index (χ0) is 16.5. The molecule has 2 N–H and O–H groups in total. The highest BCUT2D eigenvalue weighted by atomic mass is 35.5. The van der Waals surface area contributed by atoms with E-state index in [0.717, 1.165) is 42.8 Å². The lowest BCUT2D eigenvalue weighted by Gasteiger charge is -2.18. The first-order chi connectivity index (χ1) is 11.7. The van der Waals surface area contributed by atoms with Gasteiger partial charge in [0.05, 0.1) is 22.5 Å². The number of nitrogens with one attached hydrogen (secondary N) is 2. The van der Waals surface area contributed by atoms with E-state index in [4.69, 9.17) is 16.3 Å². The largest absolute Gasteiger partial charge is 0.492 e. The fourth-order valence-corrected chi connectivity index (χ4v) is 4.63. The van der Waals surface area contributed by atoms with Crippen LogP contribution in [0.25, 0.3) is 0 Å². The predicted octanol–water partition coefficient (Wildman–Crippen LogP) is 3.69. The second kappa shape index (κ2) is 6.75. The summed E-state index contributed by atoms with van der Waals surface area (Å²) < 4.78 is 5.77. The molecule has 0 spiro atoms. The van der Waals surface area contributed by atoms with Gasteiger partial charge in [-0.1, -0.05) is 23.7 Å². The SMILES string of the molecule is O=C(NC1CCCOc2c(Cl)cccc21)c1cc2c(s1)CCNC2. The van der Waals surface area contributed by atoms with Gasteiger partial charge in [0.15, 0.2) is 0 Å². The van der Waals surface area contributed by atoms with Crippen LogP contribution in [0.15, 0.2) is 24.3 Å². The van der Waals surface area contributed by atoms with Crippen molar-refractivity contribution in [3.63, 3.8) is 0 Å². The third-order valence-corrected chi connectivity index (χ3v) is 6.06. The van der Waals surface area contributed by atoms with Gasteiger partial charge in [-0.15, -0.1) is 11.3 Å². The van der Waals surface area contributed by atoms with Gasteiger partial charge in [-0.25, -0.2) is 0 Å². The number of halogens is 1. The molecule has 1 aromatic carbocycles. The molecule has 2 aliphatic heterocycles. The molecule has 126 valence electrons. The molecule has 1 amide bonds. The van der Waals surface area contributed by atoms with Gasteiger partial charge in [0.1, 0.15) is 5.75 Å². The molecule has 0 aliphatic carbocycles. The molecule has 4 nitrogen and oxygen atoms in total. The standard InChI is InChI=1S/C18H19ClN2O2S/c19-13-4-1-3-12-14(5-2-8-23-17(12)13)21-18(22)16-9-11-10-20-7-6-15(11)24-16/h1,3-4,9,14,20H,2,5-8,10H2,(H,21,22). The molecule has 2 aliphatic rings. The lowest BCUT2D eigenvalue weighted by molar-refractivity contribution is 0.0938. The van der Waals surface area contributed by atoms with E-state index >= 15 is 0 Å². The minimum Gasteiger partial charge on any atom is -0.492 e. The third-order valence-electron chi connectivity index (χ3n) is 4.53. The van der Waals surface area contributed by atoms with E-state index < -0.39 is 0 Å². The molecule has 2 aromatic rings. The van der Waals surface area contributed by atoms with Crippen LogP contribution in [0.3, 0.4) is 0 Å². The molecule has 1 aromatic heterocycles. The fourth-order valence-electron chi connectivity index (χ4n) is 3.31. The first-order valence-electron chi connectivity index (χ1n) is 8.27. The average Bonchev–Trinajstić information content (AvgIpc) is 2.92. The van der Waals surface area contributed by atoms with Crippen molar-refractivity contribution in [2.45, 2.75) is 31.8 Å². The lowest BCUT2D eigenvalue weighted by atomic mass is 10.0. The van der Waals surface area contributed by atoms with Gasteiger partial charge < -0.3 is 15.4 Å².